The fraction of sp³-hybridized carbons (Fsp3) is 0.182. The topological polar surface area (TPSA) is 98.2 Å². The Bertz CT molecular complexity index is 622. The number of hydrazone groups is 1. The zero-order chi connectivity index (χ0) is 13.8. The van der Waals surface area contributed by atoms with Crippen molar-refractivity contribution in [3.8, 4) is 0 Å². The molecule has 2 rings (SSSR count). The molecule has 0 aliphatic heterocycles. The van der Waals surface area contributed by atoms with E-state index in [0.717, 1.165) is 11.4 Å². The molecule has 0 bridgehead atoms. The molecule has 0 saturated heterocycles. The molecule has 0 fully saturated rings. The molecule has 0 saturated carbocycles. The number of benzene rings is 1. The van der Waals surface area contributed by atoms with Gasteiger partial charge >= 0.3 is 0 Å². The van der Waals surface area contributed by atoms with Crippen molar-refractivity contribution in [2.45, 2.75) is 6.92 Å². The largest absolute Gasteiger partial charge is 0.299 e. The van der Waals surface area contributed by atoms with E-state index in [9.17, 15) is 10.1 Å². The van der Waals surface area contributed by atoms with Gasteiger partial charge in [-0.15, -0.1) is 22.6 Å². The summed E-state index contributed by atoms with van der Waals surface area (Å²) in [4.78, 5) is 10.0. The van der Waals surface area contributed by atoms with Crippen LogP contribution in [-0.2, 0) is 7.05 Å². The van der Waals surface area contributed by atoms with E-state index < -0.39 is 4.92 Å². The number of aromatic nitrogens is 3. The van der Waals surface area contributed by atoms with E-state index >= 15 is 0 Å². The Morgan fingerprint density at radius 1 is 1.35 bits per heavy atom. The van der Waals surface area contributed by atoms with Gasteiger partial charge in [0.05, 0.1) is 11.1 Å². The first kappa shape index (κ1) is 15.6. The van der Waals surface area contributed by atoms with Crippen LogP contribution in [0.15, 0.2) is 29.4 Å². The summed E-state index contributed by atoms with van der Waals surface area (Å²) in [5.74, 6) is 1.30. The fourth-order valence-corrected chi connectivity index (χ4v) is 1.35. The first-order valence-electron chi connectivity index (χ1n) is 5.47. The molecule has 2 aromatic rings. The van der Waals surface area contributed by atoms with Crippen LogP contribution in [-0.4, -0.2) is 25.9 Å². The quantitative estimate of drug-likeness (QED) is 0.528. The lowest BCUT2D eigenvalue weighted by molar-refractivity contribution is -0.384. The molecule has 1 aromatic heterocycles. The lowest BCUT2D eigenvalue weighted by atomic mass is 10.2. The standard InChI is InChI=1S/C11H12N6O2.ClH/c1-8-13-15-11(16(8)2)14-12-7-9-3-5-10(6-4-9)17(18)19;/h3-7H,1-2H3,(H,14,15);1H/b12-7+;. The smallest absolute Gasteiger partial charge is 0.269 e. The Kier molecular flexibility index (Phi) is 5.15. The lowest BCUT2D eigenvalue weighted by Crippen LogP contribution is -2.00. The van der Waals surface area contributed by atoms with Crippen LogP contribution in [0.3, 0.4) is 0 Å². The van der Waals surface area contributed by atoms with Crippen LogP contribution < -0.4 is 5.43 Å². The predicted octanol–water partition coefficient (Wildman–Crippen LogP) is 1.90. The summed E-state index contributed by atoms with van der Waals surface area (Å²) in [7, 11) is 1.82. The van der Waals surface area contributed by atoms with Crippen LogP contribution in [0.25, 0.3) is 0 Å². The monoisotopic (exact) mass is 296 g/mol. The van der Waals surface area contributed by atoms with Gasteiger partial charge in [-0.1, -0.05) is 0 Å². The van der Waals surface area contributed by atoms with Crippen molar-refractivity contribution in [3.63, 3.8) is 0 Å². The van der Waals surface area contributed by atoms with E-state index in [0.29, 0.717) is 5.95 Å². The fourth-order valence-electron chi connectivity index (χ4n) is 1.35. The number of halogens is 1. The molecular weight excluding hydrogens is 284 g/mol. The van der Waals surface area contributed by atoms with Crippen LogP contribution in [0.2, 0.25) is 0 Å². The second-order valence-electron chi connectivity index (χ2n) is 3.85. The molecule has 1 aromatic carbocycles. The Morgan fingerprint density at radius 3 is 2.50 bits per heavy atom. The van der Waals surface area contributed by atoms with Crippen molar-refractivity contribution in [2.24, 2.45) is 12.1 Å². The van der Waals surface area contributed by atoms with Gasteiger partial charge in [0, 0.05) is 19.2 Å². The number of hydrogen-bond donors (Lipinski definition) is 1. The average molecular weight is 297 g/mol. The zero-order valence-electron chi connectivity index (χ0n) is 10.8. The molecule has 0 aliphatic rings. The Labute approximate surface area is 121 Å². The van der Waals surface area contributed by atoms with Gasteiger partial charge in [-0.05, 0) is 24.6 Å². The molecule has 0 unspecified atom stereocenters. The number of hydrogen-bond acceptors (Lipinski definition) is 6. The van der Waals surface area contributed by atoms with Crippen LogP contribution >= 0.6 is 12.4 Å². The second kappa shape index (κ2) is 6.62. The van der Waals surface area contributed by atoms with Crippen molar-refractivity contribution < 1.29 is 4.92 Å². The molecule has 0 amide bonds. The van der Waals surface area contributed by atoms with Crippen LogP contribution in [0.4, 0.5) is 11.6 Å². The van der Waals surface area contributed by atoms with Gasteiger partial charge in [-0.25, -0.2) is 5.43 Å². The first-order valence-corrected chi connectivity index (χ1v) is 5.47. The summed E-state index contributed by atoms with van der Waals surface area (Å²) in [6.07, 6.45) is 1.55. The third kappa shape index (κ3) is 3.51. The van der Waals surface area contributed by atoms with E-state index in [2.05, 4.69) is 20.7 Å². The molecule has 8 nitrogen and oxygen atoms in total. The maximum atomic E-state index is 10.5. The first-order chi connectivity index (χ1) is 9.08. The van der Waals surface area contributed by atoms with Crippen molar-refractivity contribution in [1.82, 2.24) is 14.8 Å². The minimum Gasteiger partial charge on any atom is -0.299 e. The van der Waals surface area contributed by atoms with E-state index in [1.54, 1.807) is 22.9 Å². The highest BCUT2D eigenvalue weighted by Gasteiger charge is 2.03. The number of nitro groups is 1. The summed E-state index contributed by atoms with van der Waals surface area (Å²) in [5.41, 5.74) is 3.54. The Morgan fingerprint density at radius 2 is 2.00 bits per heavy atom. The third-order valence-electron chi connectivity index (χ3n) is 2.57. The highest BCUT2D eigenvalue weighted by Crippen LogP contribution is 2.10. The summed E-state index contributed by atoms with van der Waals surface area (Å²) in [6, 6.07) is 6.08. The molecule has 20 heavy (non-hydrogen) atoms. The minimum absolute atomic E-state index is 0. The molecular formula is C11H13ClN6O2. The van der Waals surface area contributed by atoms with Crippen molar-refractivity contribution in [3.05, 3.63) is 45.8 Å². The SMILES string of the molecule is Cc1nnc(N/N=C/c2ccc([N+](=O)[O-])cc2)n1C.Cl. The second-order valence-corrected chi connectivity index (χ2v) is 3.85. The van der Waals surface area contributed by atoms with Gasteiger partial charge in [0.25, 0.3) is 5.69 Å². The van der Waals surface area contributed by atoms with Crippen molar-refractivity contribution in [1.29, 1.82) is 0 Å². The maximum absolute atomic E-state index is 10.5. The van der Waals surface area contributed by atoms with E-state index in [1.165, 1.54) is 12.1 Å². The molecule has 0 aliphatic carbocycles. The number of nitrogens with zero attached hydrogens (tertiary/aromatic N) is 5. The van der Waals surface area contributed by atoms with E-state index in [4.69, 9.17) is 0 Å². The van der Waals surface area contributed by atoms with Crippen LogP contribution in [0.1, 0.15) is 11.4 Å². The molecule has 0 atom stereocenters. The van der Waals surface area contributed by atoms with Crippen LogP contribution in [0.5, 0.6) is 0 Å². The lowest BCUT2D eigenvalue weighted by Gasteiger charge is -1.99. The van der Waals surface area contributed by atoms with Gasteiger partial charge < -0.3 is 0 Å². The molecule has 1 N–H and O–H groups in total. The summed E-state index contributed by atoms with van der Waals surface area (Å²) < 4.78 is 1.76. The van der Waals surface area contributed by atoms with Gasteiger partial charge in [0.15, 0.2) is 0 Å². The number of aryl methyl sites for hydroxylation is 1. The van der Waals surface area contributed by atoms with Crippen molar-refractivity contribution in [2.75, 3.05) is 5.43 Å². The van der Waals surface area contributed by atoms with Gasteiger partial charge in [-0.2, -0.15) is 5.10 Å². The Hall–Kier alpha value is -2.48. The Balaban J connectivity index is 0.00000200. The van der Waals surface area contributed by atoms with Crippen LogP contribution in [0, 0.1) is 17.0 Å². The predicted molar refractivity (Wildman–Crippen MR) is 77.3 cm³/mol. The summed E-state index contributed by atoms with van der Waals surface area (Å²) in [5, 5.41) is 22.2. The number of nitro benzene ring substituents is 1. The molecule has 9 heteroatoms. The minimum atomic E-state index is -0.443. The highest BCUT2D eigenvalue weighted by atomic mass is 35.5. The maximum Gasteiger partial charge on any atom is 0.269 e. The molecule has 0 spiro atoms. The van der Waals surface area contributed by atoms with E-state index in [-0.39, 0.29) is 18.1 Å². The molecule has 106 valence electrons. The molecule has 0 radical (unpaired) electrons. The summed E-state index contributed by atoms with van der Waals surface area (Å²) in [6.45, 7) is 1.83. The number of anilines is 1. The van der Waals surface area contributed by atoms with Crippen molar-refractivity contribution >= 4 is 30.3 Å². The van der Waals surface area contributed by atoms with Gasteiger partial charge in [-0.3, -0.25) is 14.7 Å². The highest BCUT2D eigenvalue weighted by molar-refractivity contribution is 5.85. The van der Waals surface area contributed by atoms with E-state index in [1.807, 2.05) is 14.0 Å². The number of rotatable bonds is 4. The van der Waals surface area contributed by atoms with Gasteiger partial charge in [0.1, 0.15) is 5.82 Å². The normalized spacial score (nSPS) is 10.3. The number of nitrogens with one attached hydrogen (secondary N) is 1. The molecule has 1 heterocycles. The average Bonchev–Trinajstić information content (AvgIpc) is 2.71. The zero-order valence-corrected chi connectivity index (χ0v) is 11.7. The third-order valence-corrected chi connectivity index (χ3v) is 2.57. The van der Waals surface area contributed by atoms with Gasteiger partial charge in [0.2, 0.25) is 5.95 Å². The number of non-ortho nitro benzene ring substituents is 1. The summed E-state index contributed by atoms with van der Waals surface area (Å²) >= 11 is 0.